The minimum Gasteiger partial charge on any atom is -0.489 e. The number of carboxylic acids is 1. The van der Waals surface area contributed by atoms with Crippen molar-refractivity contribution in [2.45, 2.75) is 6.61 Å². The maximum atomic E-state index is 12.9. The summed E-state index contributed by atoms with van der Waals surface area (Å²) in [6.45, 7) is 0.0887. The zero-order valence-corrected chi connectivity index (χ0v) is 10.4. The highest BCUT2D eigenvalue weighted by Crippen LogP contribution is 2.22. The average Bonchev–Trinajstić information content (AvgIpc) is 2.37. The van der Waals surface area contributed by atoms with Gasteiger partial charge in [-0.25, -0.2) is 9.18 Å². The Morgan fingerprint density at radius 2 is 2.16 bits per heavy atom. The van der Waals surface area contributed by atoms with E-state index in [1.165, 1.54) is 24.4 Å². The summed E-state index contributed by atoms with van der Waals surface area (Å²) in [5.41, 5.74) is 0.503. The van der Waals surface area contributed by atoms with Crippen LogP contribution in [0.15, 0.2) is 36.7 Å². The molecule has 0 aliphatic carbocycles. The smallest absolute Gasteiger partial charge is 0.337 e. The Balaban J connectivity index is 2.12. The van der Waals surface area contributed by atoms with E-state index < -0.39 is 11.8 Å². The van der Waals surface area contributed by atoms with Gasteiger partial charge in [-0.3, -0.25) is 4.98 Å². The van der Waals surface area contributed by atoms with Gasteiger partial charge in [-0.1, -0.05) is 11.6 Å². The lowest BCUT2D eigenvalue weighted by Crippen LogP contribution is -2.00. The molecule has 2 aromatic rings. The van der Waals surface area contributed by atoms with Crippen LogP contribution in [0.4, 0.5) is 4.39 Å². The van der Waals surface area contributed by atoms with Crippen LogP contribution in [0.3, 0.4) is 0 Å². The van der Waals surface area contributed by atoms with Crippen LogP contribution in [-0.2, 0) is 6.61 Å². The SMILES string of the molecule is O=C(O)c1cc(OCc2cncc(F)c2)ccc1Cl. The number of carbonyl (C=O) groups is 1. The fourth-order valence-corrected chi connectivity index (χ4v) is 1.66. The Morgan fingerprint density at radius 1 is 1.37 bits per heavy atom. The second-order valence-corrected chi connectivity index (χ2v) is 4.15. The van der Waals surface area contributed by atoms with E-state index in [0.717, 1.165) is 6.20 Å². The van der Waals surface area contributed by atoms with Crippen molar-refractivity contribution in [3.63, 3.8) is 0 Å². The van der Waals surface area contributed by atoms with Gasteiger partial charge in [-0.2, -0.15) is 0 Å². The fourth-order valence-electron chi connectivity index (χ4n) is 1.46. The van der Waals surface area contributed by atoms with Crippen LogP contribution >= 0.6 is 11.6 Å². The summed E-state index contributed by atoms with van der Waals surface area (Å²) < 4.78 is 18.3. The minimum atomic E-state index is -1.14. The summed E-state index contributed by atoms with van der Waals surface area (Å²) in [6, 6.07) is 5.59. The molecule has 0 spiro atoms. The molecule has 6 heteroatoms. The van der Waals surface area contributed by atoms with E-state index >= 15 is 0 Å². The molecule has 0 aliphatic heterocycles. The number of ether oxygens (including phenoxy) is 1. The molecule has 98 valence electrons. The Hall–Kier alpha value is -2.14. The number of hydrogen-bond acceptors (Lipinski definition) is 3. The monoisotopic (exact) mass is 281 g/mol. The number of halogens is 2. The largest absolute Gasteiger partial charge is 0.489 e. The number of aromatic nitrogens is 1. The number of hydrogen-bond donors (Lipinski definition) is 1. The van der Waals surface area contributed by atoms with E-state index in [1.54, 1.807) is 6.07 Å². The summed E-state index contributed by atoms with van der Waals surface area (Å²) in [5.74, 6) is -1.25. The van der Waals surface area contributed by atoms with Gasteiger partial charge in [0.25, 0.3) is 0 Å². The molecule has 19 heavy (non-hydrogen) atoms. The number of aromatic carboxylic acids is 1. The lowest BCUT2D eigenvalue weighted by atomic mass is 10.2. The summed E-state index contributed by atoms with van der Waals surface area (Å²) in [6.07, 6.45) is 2.56. The first kappa shape index (κ1) is 13.3. The topological polar surface area (TPSA) is 59.4 Å². The van der Waals surface area contributed by atoms with Crippen molar-refractivity contribution in [2.24, 2.45) is 0 Å². The van der Waals surface area contributed by atoms with Crippen LogP contribution in [0.1, 0.15) is 15.9 Å². The molecule has 0 aliphatic rings. The van der Waals surface area contributed by atoms with Crippen molar-refractivity contribution in [3.05, 3.63) is 58.6 Å². The molecule has 2 rings (SSSR count). The standard InChI is InChI=1S/C13H9ClFNO3/c14-12-2-1-10(4-11(12)13(17)18)19-7-8-3-9(15)6-16-5-8/h1-6H,7H2,(H,17,18). The van der Waals surface area contributed by atoms with Gasteiger partial charge in [0.2, 0.25) is 0 Å². The van der Waals surface area contributed by atoms with Crippen molar-refractivity contribution >= 4 is 17.6 Å². The van der Waals surface area contributed by atoms with Crippen molar-refractivity contribution in [3.8, 4) is 5.75 Å². The highest BCUT2D eigenvalue weighted by Gasteiger charge is 2.10. The second kappa shape index (κ2) is 5.67. The molecular formula is C13H9ClFNO3. The van der Waals surface area contributed by atoms with Gasteiger partial charge in [-0.15, -0.1) is 0 Å². The van der Waals surface area contributed by atoms with Crippen LogP contribution < -0.4 is 4.74 Å². The van der Waals surface area contributed by atoms with E-state index in [2.05, 4.69) is 4.98 Å². The Labute approximate surface area is 113 Å². The Morgan fingerprint density at radius 3 is 2.84 bits per heavy atom. The van der Waals surface area contributed by atoms with Gasteiger partial charge in [0, 0.05) is 11.8 Å². The molecule has 0 bridgehead atoms. The highest BCUT2D eigenvalue weighted by molar-refractivity contribution is 6.33. The third-order valence-electron chi connectivity index (χ3n) is 2.34. The zero-order chi connectivity index (χ0) is 13.8. The number of pyridine rings is 1. The van der Waals surface area contributed by atoms with Crippen molar-refractivity contribution < 1.29 is 19.0 Å². The van der Waals surface area contributed by atoms with E-state index in [1.807, 2.05) is 0 Å². The molecule has 0 unspecified atom stereocenters. The lowest BCUT2D eigenvalue weighted by Gasteiger charge is -2.07. The van der Waals surface area contributed by atoms with E-state index in [0.29, 0.717) is 11.3 Å². The lowest BCUT2D eigenvalue weighted by molar-refractivity contribution is 0.0696. The quantitative estimate of drug-likeness (QED) is 0.935. The average molecular weight is 282 g/mol. The number of nitrogens with zero attached hydrogens (tertiary/aromatic N) is 1. The third kappa shape index (κ3) is 3.42. The molecule has 1 aromatic heterocycles. The van der Waals surface area contributed by atoms with Crippen molar-refractivity contribution in [1.82, 2.24) is 4.98 Å². The summed E-state index contributed by atoms with van der Waals surface area (Å²) >= 11 is 5.73. The van der Waals surface area contributed by atoms with E-state index in [4.69, 9.17) is 21.4 Å². The minimum absolute atomic E-state index is 0.0449. The number of rotatable bonds is 4. The van der Waals surface area contributed by atoms with Crippen molar-refractivity contribution in [1.29, 1.82) is 0 Å². The molecule has 0 fully saturated rings. The molecule has 0 saturated heterocycles. The van der Waals surface area contributed by atoms with Gasteiger partial charge in [0.15, 0.2) is 0 Å². The van der Waals surface area contributed by atoms with Crippen LogP contribution in [0.5, 0.6) is 5.75 Å². The predicted molar refractivity (Wildman–Crippen MR) is 66.9 cm³/mol. The molecular weight excluding hydrogens is 273 g/mol. The summed E-state index contributed by atoms with van der Waals surface area (Å²) in [7, 11) is 0. The number of carboxylic acid groups (broad SMARTS) is 1. The maximum Gasteiger partial charge on any atom is 0.337 e. The normalized spacial score (nSPS) is 10.2. The third-order valence-corrected chi connectivity index (χ3v) is 2.66. The van der Waals surface area contributed by atoms with Gasteiger partial charge in [-0.05, 0) is 24.3 Å². The van der Waals surface area contributed by atoms with Crippen LogP contribution in [0.25, 0.3) is 0 Å². The fraction of sp³-hybridized carbons (Fsp3) is 0.0769. The predicted octanol–water partition coefficient (Wildman–Crippen LogP) is 3.15. The molecule has 0 saturated carbocycles. The van der Waals surface area contributed by atoms with Crippen LogP contribution in [0.2, 0.25) is 5.02 Å². The summed E-state index contributed by atoms with van der Waals surface area (Å²) in [5, 5.41) is 9.04. The van der Waals surface area contributed by atoms with Crippen LogP contribution in [-0.4, -0.2) is 16.1 Å². The molecule has 1 N–H and O–H groups in total. The maximum absolute atomic E-state index is 12.9. The zero-order valence-electron chi connectivity index (χ0n) is 9.64. The Kier molecular flexibility index (Phi) is 3.97. The van der Waals surface area contributed by atoms with Gasteiger partial charge in [0.05, 0.1) is 16.8 Å². The first-order chi connectivity index (χ1) is 9.06. The molecule has 0 radical (unpaired) electrons. The first-order valence-corrected chi connectivity index (χ1v) is 5.69. The van der Waals surface area contributed by atoms with Gasteiger partial charge in [0.1, 0.15) is 18.2 Å². The second-order valence-electron chi connectivity index (χ2n) is 3.75. The molecule has 4 nitrogen and oxygen atoms in total. The molecule has 0 atom stereocenters. The van der Waals surface area contributed by atoms with Crippen LogP contribution in [0, 0.1) is 5.82 Å². The first-order valence-electron chi connectivity index (χ1n) is 5.31. The highest BCUT2D eigenvalue weighted by atomic mass is 35.5. The molecule has 1 heterocycles. The molecule has 1 aromatic carbocycles. The van der Waals surface area contributed by atoms with Crippen molar-refractivity contribution in [2.75, 3.05) is 0 Å². The van der Waals surface area contributed by atoms with Gasteiger partial charge < -0.3 is 9.84 Å². The molecule has 0 amide bonds. The summed E-state index contributed by atoms with van der Waals surface area (Å²) in [4.78, 5) is 14.6. The van der Waals surface area contributed by atoms with Gasteiger partial charge >= 0.3 is 5.97 Å². The Bertz CT molecular complexity index is 619. The van der Waals surface area contributed by atoms with E-state index in [9.17, 15) is 9.18 Å². The number of benzene rings is 1. The van der Waals surface area contributed by atoms with E-state index in [-0.39, 0.29) is 17.2 Å².